The quantitative estimate of drug-likeness (QED) is 0.674. The molecule has 2 aromatic heterocycles. The minimum Gasteiger partial charge on any atom is -0.494 e. The Morgan fingerprint density at radius 2 is 2.14 bits per heavy atom. The third-order valence-corrected chi connectivity index (χ3v) is 2.01. The van der Waals surface area contributed by atoms with E-state index in [0.717, 1.165) is 5.69 Å². The topological polar surface area (TPSA) is 47.9 Å². The Hall–Kier alpha value is -1.42. The Bertz CT molecular complexity index is 487. The van der Waals surface area contributed by atoms with Crippen LogP contribution in [0.4, 0.5) is 0 Å². The molecule has 0 fully saturated rings. The van der Waals surface area contributed by atoms with E-state index in [9.17, 15) is 0 Å². The van der Waals surface area contributed by atoms with Gasteiger partial charge in [-0.15, -0.1) is 0 Å². The molecule has 0 N–H and O–H groups in total. The number of hydrogen-bond acceptors (Lipinski definition) is 4. The van der Waals surface area contributed by atoms with E-state index in [-0.39, 0.29) is 5.28 Å². The van der Waals surface area contributed by atoms with E-state index in [1.165, 1.54) is 0 Å². The second kappa shape index (κ2) is 3.38. The lowest BCUT2D eigenvalue weighted by atomic mass is 10.3. The molecule has 72 valence electrons. The van der Waals surface area contributed by atoms with Gasteiger partial charge in [0.15, 0.2) is 0 Å². The molecule has 0 aromatic carbocycles. The molecule has 4 nitrogen and oxygen atoms in total. The number of ether oxygens (including phenoxy) is 1. The van der Waals surface area contributed by atoms with Gasteiger partial charge in [0.05, 0.1) is 13.3 Å². The van der Waals surface area contributed by atoms with Crippen LogP contribution in [-0.2, 0) is 0 Å². The standard InChI is InChI=1S/C9H8ClN3O/c1-5-3-7(14-2)8-6(12-5)4-11-9(10)13-8/h3-4H,1-2H3. The summed E-state index contributed by atoms with van der Waals surface area (Å²) in [5.41, 5.74) is 2.18. The minimum atomic E-state index is 0.196. The second-order valence-electron chi connectivity index (χ2n) is 2.84. The van der Waals surface area contributed by atoms with Gasteiger partial charge in [-0.05, 0) is 18.5 Å². The number of fused-ring (bicyclic) bond motifs is 1. The number of aryl methyl sites for hydroxylation is 1. The van der Waals surface area contributed by atoms with Gasteiger partial charge in [0, 0.05) is 11.8 Å². The van der Waals surface area contributed by atoms with Crippen molar-refractivity contribution in [2.75, 3.05) is 7.11 Å². The first-order chi connectivity index (χ1) is 6.70. The number of nitrogens with zero attached hydrogens (tertiary/aromatic N) is 3. The summed E-state index contributed by atoms with van der Waals surface area (Å²) in [5.74, 6) is 0.664. The van der Waals surface area contributed by atoms with E-state index in [0.29, 0.717) is 16.8 Å². The fourth-order valence-electron chi connectivity index (χ4n) is 1.25. The highest BCUT2D eigenvalue weighted by Gasteiger charge is 2.06. The number of halogens is 1. The zero-order chi connectivity index (χ0) is 10.1. The largest absolute Gasteiger partial charge is 0.494 e. The normalized spacial score (nSPS) is 10.5. The van der Waals surface area contributed by atoms with Crippen molar-refractivity contribution in [2.24, 2.45) is 0 Å². The van der Waals surface area contributed by atoms with Crippen molar-refractivity contribution in [3.05, 3.63) is 23.2 Å². The molecule has 0 aliphatic heterocycles. The molecular formula is C9H8ClN3O. The van der Waals surface area contributed by atoms with Gasteiger partial charge in [0.1, 0.15) is 16.8 Å². The van der Waals surface area contributed by atoms with Crippen molar-refractivity contribution in [3.63, 3.8) is 0 Å². The maximum absolute atomic E-state index is 5.68. The highest BCUT2D eigenvalue weighted by Crippen LogP contribution is 2.23. The summed E-state index contributed by atoms with van der Waals surface area (Å²) in [6.45, 7) is 1.89. The zero-order valence-corrected chi connectivity index (χ0v) is 8.54. The summed E-state index contributed by atoms with van der Waals surface area (Å²) < 4.78 is 5.17. The first kappa shape index (κ1) is 9.15. The SMILES string of the molecule is COc1cc(C)nc2cnc(Cl)nc12. The lowest BCUT2D eigenvalue weighted by molar-refractivity contribution is 0.418. The molecule has 0 amide bonds. The van der Waals surface area contributed by atoms with Crippen LogP contribution in [0.25, 0.3) is 11.0 Å². The van der Waals surface area contributed by atoms with Gasteiger partial charge in [-0.1, -0.05) is 0 Å². The summed E-state index contributed by atoms with van der Waals surface area (Å²) in [4.78, 5) is 12.2. The number of pyridine rings is 1. The number of hydrogen-bond donors (Lipinski definition) is 0. The lowest BCUT2D eigenvalue weighted by Gasteiger charge is -2.04. The van der Waals surface area contributed by atoms with Crippen LogP contribution in [0.1, 0.15) is 5.69 Å². The summed E-state index contributed by atoms with van der Waals surface area (Å²) >= 11 is 5.68. The Morgan fingerprint density at radius 1 is 1.36 bits per heavy atom. The monoisotopic (exact) mass is 209 g/mol. The Balaban J connectivity index is 2.81. The molecular weight excluding hydrogens is 202 g/mol. The molecule has 0 spiro atoms. The molecule has 0 radical (unpaired) electrons. The van der Waals surface area contributed by atoms with Gasteiger partial charge >= 0.3 is 0 Å². The van der Waals surface area contributed by atoms with Crippen LogP contribution < -0.4 is 4.74 Å². The summed E-state index contributed by atoms with van der Waals surface area (Å²) in [6.07, 6.45) is 1.58. The van der Waals surface area contributed by atoms with Crippen LogP contribution >= 0.6 is 11.6 Å². The lowest BCUT2D eigenvalue weighted by Crippen LogP contribution is -1.94. The third kappa shape index (κ3) is 1.48. The highest BCUT2D eigenvalue weighted by molar-refractivity contribution is 6.28. The smallest absolute Gasteiger partial charge is 0.223 e. The van der Waals surface area contributed by atoms with Crippen LogP contribution in [0, 0.1) is 6.92 Å². The molecule has 0 bridgehead atoms. The average molecular weight is 210 g/mol. The maximum atomic E-state index is 5.68. The molecule has 0 saturated heterocycles. The van der Waals surface area contributed by atoms with Gasteiger partial charge in [-0.2, -0.15) is 0 Å². The average Bonchev–Trinajstić information content (AvgIpc) is 2.17. The van der Waals surface area contributed by atoms with Crippen LogP contribution in [0.15, 0.2) is 12.3 Å². The first-order valence-corrected chi connectivity index (χ1v) is 4.42. The zero-order valence-electron chi connectivity index (χ0n) is 7.78. The van der Waals surface area contributed by atoms with E-state index in [1.807, 2.05) is 13.0 Å². The number of rotatable bonds is 1. The molecule has 5 heteroatoms. The Kier molecular flexibility index (Phi) is 2.21. The fraction of sp³-hybridized carbons (Fsp3) is 0.222. The van der Waals surface area contributed by atoms with E-state index in [1.54, 1.807) is 13.3 Å². The van der Waals surface area contributed by atoms with Gasteiger partial charge in [0.25, 0.3) is 0 Å². The van der Waals surface area contributed by atoms with Gasteiger partial charge in [0.2, 0.25) is 5.28 Å². The van der Waals surface area contributed by atoms with E-state index in [4.69, 9.17) is 16.3 Å². The van der Waals surface area contributed by atoms with Crippen molar-refractivity contribution in [2.45, 2.75) is 6.92 Å². The van der Waals surface area contributed by atoms with E-state index in [2.05, 4.69) is 15.0 Å². The van der Waals surface area contributed by atoms with Crippen LogP contribution in [0.3, 0.4) is 0 Å². The highest BCUT2D eigenvalue weighted by atomic mass is 35.5. The summed E-state index contributed by atoms with van der Waals surface area (Å²) in [6, 6.07) is 1.81. The van der Waals surface area contributed by atoms with E-state index >= 15 is 0 Å². The first-order valence-electron chi connectivity index (χ1n) is 4.04. The molecule has 0 atom stereocenters. The molecule has 0 unspecified atom stereocenters. The Labute approximate surface area is 85.9 Å². The predicted molar refractivity (Wildman–Crippen MR) is 53.6 cm³/mol. The van der Waals surface area contributed by atoms with E-state index < -0.39 is 0 Å². The molecule has 2 rings (SSSR count). The third-order valence-electron chi connectivity index (χ3n) is 1.83. The summed E-state index contributed by atoms with van der Waals surface area (Å²) in [5, 5.41) is 0.196. The molecule has 2 aromatic rings. The van der Waals surface area contributed by atoms with Crippen LogP contribution in [0.5, 0.6) is 5.75 Å². The molecule has 2 heterocycles. The molecule has 0 aliphatic rings. The van der Waals surface area contributed by atoms with Gasteiger partial charge < -0.3 is 4.74 Å². The van der Waals surface area contributed by atoms with Crippen molar-refractivity contribution in [3.8, 4) is 5.75 Å². The van der Waals surface area contributed by atoms with Crippen LogP contribution in [-0.4, -0.2) is 22.1 Å². The van der Waals surface area contributed by atoms with Gasteiger partial charge in [-0.25, -0.2) is 15.0 Å². The van der Waals surface area contributed by atoms with Gasteiger partial charge in [-0.3, -0.25) is 0 Å². The molecule has 14 heavy (non-hydrogen) atoms. The summed E-state index contributed by atoms with van der Waals surface area (Å²) in [7, 11) is 1.59. The minimum absolute atomic E-state index is 0.196. The number of aromatic nitrogens is 3. The van der Waals surface area contributed by atoms with Crippen LogP contribution in [0.2, 0.25) is 5.28 Å². The van der Waals surface area contributed by atoms with Crippen molar-refractivity contribution in [1.82, 2.24) is 15.0 Å². The van der Waals surface area contributed by atoms with Crippen molar-refractivity contribution >= 4 is 22.6 Å². The molecule has 0 aliphatic carbocycles. The predicted octanol–water partition coefficient (Wildman–Crippen LogP) is 2.00. The fourth-order valence-corrected chi connectivity index (χ4v) is 1.39. The maximum Gasteiger partial charge on any atom is 0.223 e. The number of methoxy groups -OCH3 is 1. The molecule has 0 saturated carbocycles. The second-order valence-corrected chi connectivity index (χ2v) is 3.18. The van der Waals surface area contributed by atoms with Crippen molar-refractivity contribution in [1.29, 1.82) is 0 Å². The Morgan fingerprint density at radius 3 is 2.86 bits per heavy atom. The van der Waals surface area contributed by atoms with Crippen molar-refractivity contribution < 1.29 is 4.74 Å².